The topological polar surface area (TPSA) is 111 Å². The maximum absolute atomic E-state index is 13.5. The van der Waals surface area contributed by atoms with Crippen molar-refractivity contribution in [2.24, 2.45) is 0 Å². The van der Waals surface area contributed by atoms with E-state index in [1.807, 2.05) is 45.4 Å². The molecule has 0 fully saturated rings. The van der Waals surface area contributed by atoms with Gasteiger partial charge in [0.25, 0.3) is 0 Å². The molecule has 3 unspecified atom stereocenters. The largest absolute Gasteiger partial charge is 0.472 e. The molecule has 0 aromatic carbocycles. The number of hydrogen-bond donors (Lipinski definition) is 2. The molecule has 3 atom stereocenters. The summed E-state index contributed by atoms with van der Waals surface area (Å²) < 4.78 is 30.6. The molecule has 0 bridgehead atoms. The van der Waals surface area contributed by atoms with Gasteiger partial charge in [0.1, 0.15) is 19.3 Å². The Balaban J connectivity index is 5.34. The molecule has 0 aliphatic heterocycles. The number of esters is 1. The van der Waals surface area contributed by atoms with Gasteiger partial charge < -0.3 is 19.4 Å². The zero-order valence-corrected chi connectivity index (χ0v) is 51.9. The van der Waals surface area contributed by atoms with E-state index in [4.69, 9.17) is 13.8 Å². The summed E-state index contributed by atoms with van der Waals surface area (Å²) in [5, 5.41) is 3.02. The number of likely N-dealkylation sites (N-methyl/N-ethyl adjacent to an activating group) is 1. The van der Waals surface area contributed by atoms with Crippen LogP contribution in [0.2, 0.25) is 0 Å². The average molecular weight is 1120 g/mol. The first-order chi connectivity index (χ1) is 38.4. The summed E-state index contributed by atoms with van der Waals surface area (Å²) in [7, 11) is 1.43. The Bertz CT molecular complexity index is 1860. The van der Waals surface area contributed by atoms with Gasteiger partial charge in [-0.05, 0) is 115 Å². The quantitative estimate of drug-likeness (QED) is 0.0205. The molecule has 0 aromatic rings. The second-order valence-corrected chi connectivity index (χ2v) is 22.9. The van der Waals surface area contributed by atoms with Gasteiger partial charge in [-0.25, -0.2) is 4.57 Å². The first-order valence-electron chi connectivity index (χ1n) is 31.2. The summed E-state index contributed by atoms with van der Waals surface area (Å²) in [4.78, 5) is 37.7. The van der Waals surface area contributed by atoms with Crippen molar-refractivity contribution < 1.29 is 37.3 Å². The Kier molecular flexibility index (Phi) is 54.2. The fraction of sp³-hybridized carbons (Fsp3) is 0.623. The van der Waals surface area contributed by atoms with Crippen molar-refractivity contribution in [2.45, 2.75) is 238 Å². The molecule has 0 aliphatic rings. The molecule has 0 saturated carbocycles. The first kappa shape index (κ1) is 74.9. The molecule has 10 heteroatoms. The fourth-order valence-corrected chi connectivity index (χ4v) is 8.79. The highest BCUT2D eigenvalue weighted by molar-refractivity contribution is 7.47. The summed E-state index contributed by atoms with van der Waals surface area (Å²) in [6.45, 7) is 6.70. The van der Waals surface area contributed by atoms with Crippen LogP contribution in [-0.2, 0) is 27.9 Å². The zero-order valence-electron chi connectivity index (χ0n) is 51.1. The molecule has 0 radical (unpaired) electrons. The van der Waals surface area contributed by atoms with Gasteiger partial charge >= 0.3 is 13.8 Å². The van der Waals surface area contributed by atoms with Crippen molar-refractivity contribution >= 4 is 19.7 Å². The molecule has 9 nitrogen and oxygen atoms in total. The monoisotopic (exact) mass is 1120 g/mol. The number of carbonyl (C=O) groups excluding carboxylic acids is 2. The van der Waals surface area contributed by atoms with E-state index in [0.29, 0.717) is 23.9 Å². The zero-order chi connectivity index (χ0) is 57.9. The van der Waals surface area contributed by atoms with E-state index < -0.39 is 25.9 Å². The number of hydrogen-bond acceptors (Lipinski definition) is 6. The lowest BCUT2D eigenvalue weighted by molar-refractivity contribution is -0.870. The van der Waals surface area contributed by atoms with Crippen LogP contribution in [0.1, 0.15) is 226 Å². The van der Waals surface area contributed by atoms with Gasteiger partial charge in [0.2, 0.25) is 5.91 Å². The second kappa shape index (κ2) is 57.1. The second-order valence-electron chi connectivity index (χ2n) is 21.5. The minimum Gasteiger partial charge on any atom is -0.456 e. The van der Waals surface area contributed by atoms with Gasteiger partial charge in [0.15, 0.2) is 0 Å². The normalized spacial score (nSPS) is 14.7. The summed E-state index contributed by atoms with van der Waals surface area (Å²) in [6.07, 6.45) is 82.9. The van der Waals surface area contributed by atoms with Crippen molar-refractivity contribution in [3.8, 4) is 0 Å². The Labute approximate surface area is 485 Å². The standard InChI is InChI=1S/C69H115N2O7P/c1-7-10-13-16-19-22-25-27-29-31-33-34-35-36-38-39-41-43-46-49-52-55-58-61-68(72)70-66(65-77-79(74,75)76-64-63-71(4,5)6)67(60-57-54-51-48-45-24-21-18-15-12-9-3)78-69(73)62-59-56-53-50-47-44-42-40-37-32-30-28-26-23-20-17-14-11-8-2/h10-11,13-14,19-20,22-23,27-30,33-34,36-38,40,44,47,53,56-57,60,66-67H,7-9,12,15-18,21,24-26,31-32,35,39,41-43,45-46,48-52,54-55,58-59,61-65H2,1-6H3,(H-,70,72,74,75)/p+1/b13-10-,14-11-,22-19-,23-20-,29-27-,30-28-,34-33-,38-36-,40-37-,47-44-,56-53-,60-57-. The minimum absolute atomic E-state index is 0.0181. The van der Waals surface area contributed by atoms with Crippen molar-refractivity contribution in [1.82, 2.24) is 5.32 Å². The van der Waals surface area contributed by atoms with Crippen LogP contribution < -0.4 is 5.32 Å². The molecule has 1 amide bonds. The molecule has 79 heavy (non-hydrogen) atoms. The van der Waals surface area contributed by atoms with Crippen molar-refractivity contribution in [1.29, 1.82) is 0 Å². The van der Waals surface area contributed by atoms with Crippen LogP contribution in [-0.4, -0.2) is 74.3 Å². The predicted molar refractivity (Wildman–Crippen MR) is 341 cm³/mol. The number of quaternary nitrogens is 1. The number of allylic oxidation sites excluding steroid dienone is 23. The summed E-state index contributed by atoms with van der Waals surface area (Å²) in [5.74, 6) is -0.628. The van der Waals surface area contributed by atoms with Crippen molar-refractivity contribution in [2.75, 3.05) is 40.9 Å². The van der Waals surface area contributed by atoms with Gasteiger partial charge in [0.05, 0.1) is 33.8 Å². The Morgan fingerprint density at radius 3 is 1.24 bits per heavy atom. The molecule has 2 N–H and O–H groups in total. The van der Waals surface area contributed by atoms with Crippen LogP contribution in [0.25, 0.3) is 0 Å². The number of phosphoric acid groups is 1. The van der Waals surface area contributed by atoms with E-state index in [-0.39, 0.29) is 25.5 Å². The number of phosphoric ester groups is 1. The lowest BCUT2D eigenvalue weighted by Gasteiger charge is -2.27. The highest BCUT2D eigenvalue weighted by Gasteiger charge is 2.30. The summed E-state index contributed by atoms with van der Waals surface area (Å²) in [5.41, 5.74) is 0. The van der Waals surface area contributed by atoms with E-state index in [1.165, 1.54) is 64.2 Å². The van der Waals surface area contributed by atoms with E-state index in [2.05, 4.69) is 148 Å². The van der Waals surface area contributed by atoms with Gasteiger partial charge in [0, 0.05) is 12.8 Å². The maximum atomic E-state index is 13.5. The van der Waals surface area contributed by atoms with E-state index >= 15 is 0 Å². The molecular formula is C69H116N2O7P+. The highest BCUT2D eigenvalue weighted by atomic mass is 31.2. The maximum Gasteiger partial charge on any atom is 0.472 e. The average Bonchev–Trinajstić information content (AvgIpc) is 3.41. The number of rotatable bonds is 54. The third-order valence-electron chi connectivity index (χ3n) is 12.8. The third-order valence-corrected chi connectivity index (χ3v) is 13.8. The van der Waals surface area contributed by atoms with Gasteiger partial charge in [-0.3, -0.25) is 18.6 Å². The van der Waals surface area contributed by atoms with Gasteiger partial charge in [-0.2, -0.15) is 0 Å². The highest BCUT2D eigenvalue weighted by Crippen LogP contribution is 2.43. The van der Waals surface area contributed by atoms with Crippen LogP contribution in [0.5, 0.6) is 0 Å². The fourth-order valence-electron chi connectivity index (χ4n) is 8.05. The van der Waals surface area contributed by atoms with Crippen molar-refractivity contribution in [3.63, 3.8) is 0 Å². The number of amides is 1. The molecule has 0 spiro atoms. The molecule has 448 valence electrons. The summed E-state index contributed by atoms with van der Waals surface area (Å²) >= 11 is 0. The number of nitrogens with zero attached hydrogens (tertiary/aromatic N) is 1. The van der Waals surface area contributed by atoms with E-state index in [9.17, 15) is 19.0 Å². The predicted octanol–water partition coefficient (Wildman–Crippen LogP) is 19.4. The van der Waals surface area contributed by atoms with Crippen LogP contribution in [0.3, 0.4) is 0 Å². The SMILES string of the molecule is CC/C=C\C/C=C\C/C=C\C/C=C\C/C=C\C/C=C\CCC(=O)OC(/C=C\CCCCCCCCCCC)C(COP(=O)(O)OCC[N+](C)(C)C)NC(=O)CCCCCCCCC/C=C\C/C=C\C/C=C\C/C=C\C/C=C\CC. The molecule has 0 rings (SSSR count). The third kappa shape index (κ3) is 58.4. The molecule has 0 saturated heterocycles. The smallest absolute Gasteiger partial charge is 0.456 e. The molecule has 0 aromatic heterocycles. The molecular weight excluding hydrogens is 1000 g/mol. The number of ether oxygens (including phenoxy) is 1. The first-order valence-corrected chi connectivity index (χ1v) is 32.7. The number of nitrogens with one attached hydrogen (secondary N) is 1. The molecule has 0 heterocycles. The molecule has 0 aliphatic carbocycles. The van der Waals surface area contributed by atoms with E-state index in [1.54, 1.807) is 0 Å². The summed E-state index contributed by atoms with van der Waals surface area (Å²) in [6, 6.07) is -0.896. The Morgan fingerprint density at radius 1 is 0.456 bits per heavy atom. The Morgan fingerprint density at radius 2 is 0.823 bits per heavy atom. The minimum atomic E-state index is -4.48. The van der Waals surface area contributed by atoms with Crippen LogP contribution in [0.15, 0.2) is 146 Å². The van der Waals surface area contributed by atoms with Crippen LogP contribution in [0, 0.1) is 0 Å². The van der Waals surface area contributed by atoms with Gasteiger partial charge in [-0.1, -0.05) is 244 Å². The van der Waals surface area contributed by atoms with Crippen LogP contribution in [0.4, 0.5) is 0 Å². The number of unbranched alkanes of at least 4 members (excludes halogenated alkanes) is 16. The lowest BCUT2D eigenvalue weighted by Crippen LogP contribution is -2.47. The van der Waals surface area contributed by atoms with Gasteiger partial charge in [-0.15, -0.1) is 0 Å². The lowest BCUT2D eigenvalue weighted by atomic mass is 10.1. The van der Waals surface area contributed by atoms with E-state index in [0.717, 1.165) is 122 Å². The Hall–Kier alpha value is -4.11. The number of carbonyl (C=O) groups is 2. The van der Waals surface area contributed by atoms with Crippen LogP contribution >= 0.6 is 7.82 Å². The van der Waals surface area contributed by atoms with Crippen molar-refractivity contribution in [3.05, 3.63) is 146 Å².